The number of hydrogen-bond acceptors (Lipinski definition) is 6. The number of nitrogens with two attached hydrogens (primary N) is 2. The molecule has 0 saturated carbocycles. The van der Waals surface area contributed by atoms with E-state index in [1.807, 2.05) is 12.1 Å². The van der Waals surface area contributed by atoms with Gasteiger partial charge < -0.3 is 16.9 Å². The zero-order valence-corrected chi connectivity index (χ0v) is 9.37. The van der Waals surface area contributed by atoms with Crippen LogP contribution in [0.4, 0.5) is 21.8 Å². The van der Waals surface area contributed by atoms with Crippen molar-refractivity contribution in [2.24, 2.45) is 0 Å². The van der Waals surface area contributed by atoms with E-state index in [1.165, 1.54) is 0 Å². The van der Waals surface area contributed by atoms with Gasteiger partial charge in [-0.3, -0.25) is 0 Å². The highest BCUT2D eigenvalue weighted by Crippen LogP contribution is 2.29. The molecule has 1 aliphatic heterocycles. The van der Waals surface area contributed by atoms with Crippen molar-refractivity contribution in [2.75, 3.05) is 16.9 Å². The van der Waals surface area contributed by atoms with Gasteiger partial charge in [0.25, 0.3) is 0 Å². The summed E-state index contributed by atoms with van der Waals surface area (Å²) >= 11 is 0. The first-order valence-electron chi connectivity index (χ1n) is 5.36. The Bertz CT molecular complexity index is 627. The van der Waals surface area contributed by atoms with E-state index in [4.69, 9.17) is 11.5 Å². The lowest BCUT2D eigenvalue weighted by molar-refractivity contribution is 0.625. The molecule has 1 aromatic carbocycles. The van der Waals surface area contributed by atoms with E-state index in [0.29, 0.717) is 12.1 Å². The van der Waals surface area contributed by atoms with Crippen LogP contribution in [0.3, 0.4) is 0 Å². The van der Waals surface area contributed by atoms with Crippen molar-refractivity contribution < 1.29 is 4.39 Å². The SMILES string of the molecule is Nc1nc(N)c(F)c(-c2ccc3c(c2)CNN3)n1. The molecule has 3 rings (SSSR count). The second-order valence-corrected chi connectivity index (χ2v) is 3.98. The third-order valence-electron chi connectivity index (χ3n) is 2.77. The number of fused-ring (bicyclic) bond motifs is 1. The van der Waals surface area contributed by atoms with Crippen LogP contribution in [0.1, 0.15) is 5.56 Å². The molecule has 0 saturated heterocycles. The van der Waals surface area contributed by atoms with Gasteiger partial charge >= 0.3 is 0 Å². The van der Waals surface area contributed by atoms with Crippen LogP contribution in [0, 0.1) is 5.82 Å². The van der Waals surface area contributed by atoms with Crippen molar-refractivity contribution in [1.29, 1.82) is 0 Å². The fourth-order valence-electron chi connectivity index (χ4n) is 1.92. The maximum absolute atomic E-state index is 13.9. The van der Waals surface area contributed by atoms with Gasteiger partial charge in [-0.25, -0.2) is 14.8 Å². The second-order valence-electron chi connectivity index (χ2n) is 3.98. The van der Waals surface area contributed by atoms with Crippen molar-refractivity contribution >= 4 is 17.5 Å². The van der Waals surface area contributed by atoms with E-state index in [9.17, 15) is 4.39 Å². The minimum absolute atomic E-state index is 0.0411. The molecule has 6 nitrogen and oxygen atoms in total. The Morgan fingerprint density at radius 2 is 2.06 bits per heavy atom. The first kappa shape index (κ1) is 10.7. The summed E-state index contributed by atoms with van der Waals surface area (Å²) in [6.07, 6.45) is 0. The molecule has 0 aliphatic carbocycles. The quantitative estimate of drug-likeness (QED) is 0.595. The molecule has 2 aromatic rings. The van der Waals surface area contributed by atoms with E-state index in [-0.39, 0.29) is 17.5 Å². The minimum Gasteiger partial charge on any atom is -0.381 e. The Morgan fingerprint density at radius 1 is 1.22 bits per heavy atom. The summed E-state index contributed by atoms with van der Waals surface area (Å²) in [6.45, 7) is 0.668. The Labute approximate surface area is 102 Å². The van der Waals surface area contributed by atoms with E-state index in [0.717, 1.165) is 11.3 Å². The molecule has 1 aromatic heterocycles. The van der Waals surface area contributed by atoms with Gasteiger partial charge in [-0.2, -0.15) is 4.98 Å². The molecular formula is C11H11FN6. The van der Waals surface area contributed by atoms with Crippen LogP contribution in [-0.4, -0.2) is 9.97 Å². The Balaban J connectivity index is 2.15. The molecule has 0 radical (unpaired) electrons. The van der Waals surface area contributed by atoms with Gasteiger partial charge in [0.2, 0.25) is 5.95 Å². The molecule has 0 unspecified atom stereocenters. The first-order valence-corrected chi connectivity index (χ1v) is 5.36. The topological polar surface area (TPSA) is 102 Å². The Morgan fingerprint density at radius 3 is 2.89 bits per heavy atom. The Hall–Kier alpha value is -2.41. The first-order chi connectivity index (χ1) is 8.65. The van der Waals surface area contributed by atoms with Crippen LogP contribution >= 0.6 is 0 Å². The van der Waals surface area contributed by atoms with E-state index in [1.54, 1.807) is 6.07 Å². The average Bonchev–Trinajstić information content (AvgIpc) is 2.80. The number of nitrogens with one attached hydrogen (secondary N) is 2. The summed E-state index contributed by atoms with van der Waals surface area (Å²) in [6, 6.07) is 5.44. The van der Waals surface area contributed by atoms with Gasteiger partial charge in [-0.1, -0.05) is 6.07 Å². The fraction of sp³-hybridized carbons (Fsp3) is 0.0909. The van der Waals surface area contributed by atoms with Gasteiger partial charge in [-0.15, -0.1) is 0 Å². The number of benzene rings is 1. The Kier molecular flexibility index (Phi) is 2.27. The highest BCUT2D eigenvalue weighted by Gasteiger charge is 2.16. The predicted molar refractivity (Wildman–Crippen MR) is 66.7 cm³/mol. The number of hydrazine groups is 1. The number of halogens is 1. The normalized spacial score (nSPS) is 13.2. The van der Waals surface area contributed by atoms with Crippen LogP contribution in [0.15, 0.2) is 18.2 Å². The zero-order chi connectivity index (χ0) is 12.7. The largest absolute Gasteiger partial charge is 0.381 e. The van der Waals surface area contributed by atoms with Gasteiger partial charge in [0.15, 0.2) is 11.6 Å². The van der Waals surface area contributed by atoms with Crippen molar-refractivity contribution in [3.63, 3.8) is 0 Å². The number of nitrogens with zero attached hydrogens (tertiary/aromatic N) is 2. The molecule has 0 spiro atoms. The van der Waals surface area contributed by atoms with Crippen LogP contribution in [0.25, 0.3) is 11.3 Å². The summed E-state index contributed by atoms with van der Waals surface area (Å²) in [7, 11) is 0. The van der Waals surface area contributed by atoms with Crippen LogP contribution in [-0.2, 0) is 6.54 Å². The highest BCUT2D eigenvalue weighted by atomic mass is 19.1. The third-order valence-corrected chi connectivity index (χ3v) is 2.77. The van der Waals surface area contributed by atoms with Crippen LogP contribution < -0.4 is 22.3 Å². The molecule has 1 aliphatic rings. The molecule has 6 N–H and O–H groups in total. The summed E-state index contributed by atoms with van der Waals surface area (Å²) in [5.74, 6) is -0.932. The monoisotopic (exact) mass is 246 g/mol. The van der Waals surface area contributed by atoms with Crippen LogP contribution in [0.2, 0.25) is 0 Å². The van der Waals surface area contributed by atoms with Crippen molar-refractivity contribution in [3.8, 4) is 11.3 Å². The van der Waals surface area contributed by atoms with Crippen LogP contribution in [0.5, 0.6) is 0 Å². The van der Waals surface area contributed by atoms with Gasteiger partial charge in [0, 0.05) is 12.1 Å². The standard InChI is InChI=1S/C11H11FN6/c12-8-9(16-11(14)17-10(8)13)5-1-2-7-6(3-5)4-15-18-7/h1-3,15,18H,4H2,(H4,13,14,16,17). The summed E-state index contributed by atoms with van der Waals surface area (Å²) < 4.78 is 13.9. The lowest BCUT2D eigenvalue weighted by Gasteiger charge is -2.07. The third kappa shape index (κ3) is 1.61. The number of aromatic nitrogens is 2. The second kappa shape index (κ2) is 3.81. The summed E-state index contributed by atoms with van der Waals surface area (Å²) in [5.41, 5.74) is 19.6. The molecule has 2 heterocycles. The van der Waals surface area contributed by atoms with Crippen molar-refractivity contribution in [2.45, 2.75) is 6.54 Å². The summed E-state index contributed by atoms with van der Waals surface area (Å²) in [5, 5.41) is 0. The molecule has 0 atom stereocenters. The molecule has 7 heteroatoms. The fourth-order valence-corrected chi connectivity index (χ4v) is 1.92. The summed E-state index contributed by atoms with van der Waals surface area (Å²) in [4.78, 5) is 7.48. The minimum atomic E-state index is -0.650. The highest BCUT2D eigenvalue weighted by molar-refractivity contribution is 5.69. The lowest BCUT2D eigenvalue weighted by atomic mass is 10.1. The smallest absolute Gasteiger partial charge is 0.222 e. The maximum Gasteiger partial charge on any atom is 0.222 e. The lowest BCUT2D eigenvalue weighted by Crippen LogP contribution is -2.10. The molecule has 0 fully saturated rings. The van der Waals surface area contributed by atoms with Gasteiger partial charge in [-0.05, 0) is 17.7 Å². The number of anilines is 3. The molecule has 0 bridgehead atoms. The maximum atomic E-state index is 13.9. The van der Waals surface area contributed by atoms with E-state index >= 15 is 0 Å². The number of nitrogen functional groups attached to an aromatic ring is 2. The predicted octanol–water partition coefficient (Wildman–Crippen LogP) is 0.877. The van der Waals surface area contributed by atoms with Gasteiger partial charge in [0.05, 0.1) is 5.69 Å². The zero-order valence-electron chi connectivity index (χ0n) is 9.37. The van der Waals surface area contributed by atoms with E-state index < -0.39 is 5.82 Å². The van der Waals surface area contributed by atoms with E-state index in [2.05, 4.69) is 20.8 Å². The molecule has 18 heavy (non-hydrogen) atoms. The molecule has 0 amide bonds. The van der Waals surface area contributed by atoms with Crippen molar-refractivity contribution in [1.82, 2.24) is 15.4 Å². The van der Waals surface area contributed by atoms with Crippen molar-refractivity contribution in [3.05, 3.63) is 29.6 Å². The molecule has 92 valence electrons. The average molecular weight is 246 g/mol. The van der Waals surface area contributed by atoms with Gasteiger partial charge in [0.1, 0.15) is 5.69 Å². The molecular weight excluding hydrogens is 235 g/mol. The number of rotatable bonds is 1. The number of hydrogen-bond donors (Lipinski definition) is 4.